The molecule has 3 N–H and O–H groups in total. The van der Waals surface area contributed by atoms with Gasteiger partial charge in [0.15, 0.2) is 5.84 Å². The van der Waals surface area contributed by atoms with Crippen LogP contribution in [0.4, 0.5) is 11.4 Å². The number of para-hydroxylation sites is 3. The van der Waals surface area contributed by atoms with Crippen molar-refractivity contribution in [2.45, 2.75) is 20.3 Å². The molecule has 5 nitrogen and oxygen atoms in total. The first kappa shape index (κ1) is 16.5. The Morgan fingerprint density at radius 3 is 2.57 bits per heavy atom. The van der Waals surface area contributed by atoms with Crippen LogP contribution in [-0.4, -0.2) is 18.3 Å². The molecule has 0 heterocycles. The molecule has 23 heavy (non-hydrogen) atoms. The van der Waals surface area contributed by atoms with E-state index in [2.05, 4.69) is 10.3 Å². The maximum atomic E-state index is 12.2. The molecule has 5 heteroatoms. The zero-order valence-electron chi connectivity index (χ0n) is 13.4. The number of amides is 1. The number of aryl methyl sites for hydroxylation is 1. The van der Waals surface area contributed by atoms with Crippen LogP contribution in [0.2, 0.25) is 0 Å². The third-order valence-electron chi connectivity index (χ3n) is 3.29. The molecule has 0 aromatic heterocycles. The van der Waals surface area contributed by atoms with Crippen LogP contribution in [0.1, 0.15) is 19.4 Å². The van der Waals surface area contributed by atoms with Crippen molar-refractivity contribution >= 4 is 23.1 Å². The Labute approximate surface area is 136 Å². The van der Waals surface area contributed by atoms with Crippen molar-refractivity contribution in [3.8, 4) is 5.75 Å². The van der Waals surface area contributed by atoms with Crippen molar-refractivity contribution in [1.82, 2.24) is 0 Å². The van der Waals surface area contributed by atoms with E-state index in [4.69, 9.17) is 10.5 Å². The third kappa shape index (κ3) is 4.32. The molecule has 0 aliphatic carbocycles. The Morgan fingerprint density at radius 1 is 1.13 bits per heavy atom. The average molecular weight is 311 g/mol. The number of hydrogen-bond donors (Lipinski definition) is 2. The van der Waals surface area contributed by atoms with E-state index in [1.807, 2.05) is 50.2 Å². The van der Waals surface area contributed by atoms with Crippen LogP contribution in [0.3, 0.4) is 0 Å². The standard InChI is InChI=1S/C18H21N3O2/c1-3-13-9-5-6-10-14(13)21-18(22)17(19)20-15-11-7-8-12-16(15)23-4-2/h5-12H,3-4H2,1-2H3,(H2,19,20)(H,21,22). The van der Waals surface area contributed by atoms with Crippen molar-refractivity contribution in [3.63, 3.8) is 0 Å². The van der Waals surface area contributed by atoms with Crippen LogP contribution in [0.15, 0.2) is 53.5 Å². The van der Waals surface area contributed by atoms with Crippen LogP contribution in [0.25, 0.3) is 0 Å². The molecule has 0 unspecified atom stereocenters. The summed E-state index contributed by atoms with van der Waals surface area (Å²) in [6, 6.07) is 14.8. The van der Waals surface area contributed by atoms with Crippen molar-refractivity contribution < 1.29 is 9.53 Å². The number of aliphatic imine (C=N–C) groups is 1. The van der Waals surface area contributed by atoms with Gasteiger partial charge in [-0.25, -0.2) is 4.99 Å². The molecule has 0 saturated carbocycles. The first-order chi connectivity index (χ1) is 11.2. The first-order valence-corrected chi connectivity index (χ1v) is 7.61. The molecule has 0 saturated heterocycles. The quantitative estimate of drug-likeness (QED) is 0.657. The van der Waals surface area contributed by atoms with Gasteiger partial charge in [0.05, 0.1) is 6.61 Å². The van der Waals surface area contributed by atoms with Gasteiger partial charge < -0.3 is 15.8 Å². The summed E-state index contributed by atoms with van der Waals surface area (Å²) in [5.74, 6) is 0.0555. The van der Waals surface area contributed by atoms with Gasteiger partial charge in [-0.1, -0.05) is 37.3 Å². The minimum atomic E-state index is -0.433. The third-order valence-corrected chi connectivity index (χ3v) is 3.29. The second-order valence-corrected chi connectivity index (χ2v) is 4.86. The highest BCUT2D eigenvalue weighted by molar-refractivity contribution is 6.42. The van der Waals surface area contributed by atoms with Crippen LogP contribution >= 0.6 is 0 Å². The number of anilines is 1. The zero-order valence-corrected chi connectivity index (χ0v) is 13.4. The van der Waals surface area contributed by atoms with Gasteiger partial charge in [0.1, 0.15) is 11.4 Å². The molecule has 0 bridgehead atoms. The van der Waals surface area contributed by atoms with E-state index in [9.17, 15) is 4.79 Å². The second-order valence-electron chi connectivity index (χ2n) is 4.86. The number of hydrogen-bond acceptors (Lipinski definition) is 3. The highest BCUT2D eigenvalue weighted by Crippen LogP contribution is 2.26. The Bertz CT molecular complexity index is 711. The number of ether oxygens (including phenoxy) is 1. The van der Waals surface area contributed by atoms with Crippen LogP contribution in [-0.2, 0) is 11.2 Å². The van der Waals surface area contributed by atoms with Crippen LogP contribution < -0.4 is 15.8 Å². The number of nitrogens with two attached hydrogens (primary N) is 1. The summed E-state index contributed by atoms with van der Waals surface area (Å²) in [4.78, 5) is 16.4. The van der Waals surface area contributed by atoms with Gasteiger partial charge >= 0.3 is 0 Å². The molecule has 0 atom stereocenters. The molecule has 1 amide bonds. The van der Waals surface area contributed by atoms with E-state index >= 15 is 0 Å². The van der Waals surface area contributed by atoms with Crippen molar-refractivity contribution in [2.75, 3.05) is 11.9 Å². The number of carbonyl (C=O) groups excluding carboxylic acids is 1. The lowest BCUT2D eigenvalue weighted by molar-refractivity contribution is -0.110. The fourth-order valence-electron chi connectivity index (χ4n) is 2.14. The first-order valence-electron chi connectivity index (χ1n) is 7.61. The fourth-order valence-corrected chi connectivity index (χ4v) is 2.14. The van der Waals surface area contributed by atoms with E-state index in [1.165, 1.54) is 0 Å². The lowest BCUT2D eigenvalue weighted by atomic mass is 10.1. The van der Waals surface area contributed by atoms with E-state index in [-0.39, 0.29) is 5.84 Å². The summed E-state index contributed by atoms with van der Waals surface area (Å²) in [5.41, 5.74) is 8.16. The van der Waals surface area contributed by atoms with E-state index in [0.29, 0.717) is 18.0 Å². The molecule has 2 rings (SSSR count). The molecule has 0 aliphatic heterocycles. The predicted octanol–water partition coefficient (Wildman–Crippen LogP) is 3.28. The van der Waals surface area contributed by atoms with E-state index < -0.39 is 5.91 Å². The number of amidine groups is 1. The van der Waals surface area contributed by atoms with Gasteiger partial charge in [-0.05, 0) is 37.1 Å². The van der Waals surface area contributed by atoms with Gasteiger partial charge in [0.25, 0.3) is 5.91 Å². The van der Waals surface area contributed by atoms with Crippen molar-refractivity contribution in [2.24, 2.45) is 10.7 Å². The van der Waals surface area contributed by atoms with Crippen molar-refractivity contribution in [1.29, 1.82) is 0 Å². The summed E-state index contributed by atoms with van der Waals surface area (Å²) in [7, 11) is 0. The molecule has 0 radical (unpaired) electrons. The molecule has 2 aromatic carbocycles. The Morgan fingerprint density at radius 2 is 1.83 bits per heavy atom. The molecule has 0 aliphatic rings. The Balaban J connectivity index is 2.19. The van der Waals surface area contributed by atoms with E-state index in [1.54, 1.807) is 12.1 Å². The van der Waals surface area contributed by atoms with Gasteiger partial charge in [-0.15, -0.1) is 0 Å². The molecule has 120 valence electrons. The number of nitrogens with one attached hydrogen (secondary N) is 1. The lowest BCUT2D eigenvalue weighted by Gasteiger charge is -2.10. The van der Waals surface area contributed by atoms with Gasteiger partial charge in [-0.3, -0.25) is 4.79 Å². The summed E-state index contributed by atoms with van der Waals surface area (Å²) >= 11 is 0. The SMILES string of the molecule is CCOc1ccccc1N=C(N)C(=O)Nc1ccccc1CC. The Kier molecular flexibility index (Phi) is 5.74. The maximum Gasteiger partial charge on any atom is 0.290 e. The maximum absolute atomic E-state index is 12.2. The van der Waals surface area contributed by atoms with Gasteiger partial charge in [0, 0.05) is 5.69 Å². The van der Waals surface area contributed by atoms with Gasteiger partial charge in [-0.2, -0.15) is 0 Å². The smallest absolute Gasteiger partial charge is 0.290 e. The topological polar surface area (TPSA) is 76.7 Å². The molecular formula is C18H21N3O2. The summed E-state index contributed by atoms with van der Waals surface area (Å²) in [5, 5.41) is 2.80. The monoisotopic (exact) mass is 311 g/mol. The normalized spacial score (nSPS) is 11.1. The highest BCUT2D eigenvalue weighted by atomic mass is 16.5. The summed E-state index contributed by atoms with van der Waals surface area (Å²) in [6.07, 6.45) is 0.820. The summed E-state index contributed by atoms with van der Waals surface area (Å²) in [6.45, 7) is 4.43. The molecule has 0 fully saturated rings. The second kappa shape index (κ2) is 7.98. The molecule has 0 spiro atoms. The minimum Gasteiger partial charge on any atom is -0.492 e. The number of benzene rings is 2. The largest absolute Gasteiger partial charge is 0.492 e. The lowest BCUT2D eigenvalue weighted by Crippen LogP contribution is -2.30. The number of carbonyl (C=O) groups is 1. The number of rotatable bonds is 5. The zero-order chi connectivity index (χ0) is 16.7. The van der Waals surface area contributed by atoms with Gasteiger partial charge in [0.2, 0.25) is 0 Å². The highest BCUT2D eigenvalue weighted by Gasteiger charge is 2.11. The van der Waals surface area contributed by atoms with Crippen molar-refractivity contribution in [3.05, 3.63) is 54.1 Å². The fraction of sp³-hybridized carbons (Fsp3) is 0.222. The number of nitrogens with zero attached hydrogens (tertiary/aromatic N) is 1. The minimum absolute atomic E-state index is 0.108. The predicted molar refractivity (Wildman–Crippen MR) is 93.3 cm³/mol. The molecular weight excluding hydrogens is 290 g/mol. The van der Waals surface area contributed by atoms with Crippen LogP contribution in [0, 0.1) is 0 Å². The average Bonchev–Trinajstić information content (AvgIpc) is 2.57. The van der Waals surface area contributed by atoms with Crippen LogP contribution in [0.5, 0.6) is 5.75 Å². The van der Waals surface area contributed by atoms with E-state index in [0.717, 1.165) is 17.7 Å². The molecule has 2 aromatic rings. The summed E-state index contributed by atoms with van der Waals surface area (Å²) < 4.78 is 5.48. The Hall–Kier alpha value is -2.82.